The van der Waals surface area contributed by atoms with Crippen molar-refractivity contribution in [2.45, 2.75) is 25.9 Å². The SMILES string of the molecule is Cc1ccc(-c2cc(C(=O)N(Cc3cccs3)[C@H]3CCS(=O)(=O)C3)no2)cc1. The molecule has 1 aliphatic rings. The highest BCUT2D eigenvalue weighted by atomic mass is 32.2. The van der Waals surface area contributed by atoms with Gasteiger partial charge in [0.2, 0.25) is 0 Å². The summed E-state index contributed by atoms with van der Waals surface area (Å²) < 4.78 is 29.3. The van der Waals surface area contributed by atoms with Crippen LogP contribution in [-0.2, 0) is 16.4 Å². The Morgan fingerprint density at radius 3 is 2.71 bits per heavy atom. The van der Waals surface area contributed by atoms with Crippen LogP contribution in [0.25, 0.3) is 11.3 Å². The number of hydrogen-bond donors (Lipinski definition) is 0. The van der Waals surface area contributed by atoms with Crippen molar-refractivity contribution in [1.29, 1.82) is 0 Å². The molecule has 1 aromatic carbocycles. The van der Waals surface area contributed by atoms with E-state index in [1.807, 2.05) is 48.7 Å². The van der Waals surface area contributed by atoms with Gasteiger partial charge in [0.15, 0.2) is 21.3 Å². The first kappa shape index (κ1) is 18.9. The van der Waals surface area contributed by atoms with E-state index in [1.54, 1.807) is 11.0 Å². The van der Waals surface area contributed by atoms with Gasteiger partial charge in [-0.3, -0.25) is 4.79 Å². The molecule has 1 fully saturated rings. The Kier molecular flexibility index (Phi) is 5.07. The van der Waals surface area contributed by atoms with Crippen molar-refractivity contribution in [2.75, 3.05) is 11.5 Å². The molecule has 0 N–H and O–H groups in total. The maximum atomic E-state index is 13.2. The van der Waals surface area contributed by atoms with Gasteiger partial charge in [-0.1, -0.05) is 41.1 Å². The molecule has 28 heavy (non-hydrogen) atoms. The maximum Gasteiger partial charge on any atom is 0.276 e. The minimum atomic E-state index is -3.11. The number of benzene rings is 1. The Morgan fingerprint density at radius 2 is 2.07 bits per heavy atom. The lowest BCUT2D eigenvalue weighted by Gasteiger charge is -2.26. The van der Waals surface area contributed by atoms with E-state index in [0.29, 0.717) is 18.7 Å². The number of rotatable bonds is 5. The number of carbonyl (C=O) groups excluding carboxylic acids is 1. The lowest BCUT2D eigenvalue weighted by Crippen LogP contribution is -2.40. The molecular formula is C20H20N2O4S2. The van der Waals surface area contributed by atoms with Gasteiger partial charge in [0.05, 0.1) is 18.1 Å². The summed E-state index contributed by atoms with van der Waals surface area (Å²) in [5.74, 6) is 0.308. The molecule has 4 rings (SSSR count). The fraction of sp³-hybridized carbons (Fsp3) is 0.300. The Balaban J connectivity index is 1.61. The third kappa shape index (κ3) is 4.02. The summed E-state index contributed by atoms with van der Waals surface area (Å²) in [6, 6.07) is 12.9. The predicted molar refractivity (Wildman–Crippen MR) is 108 cm³/mol. The molecule has 0 radical (unpaired) electrons. The smallest absolute Gasteiger partial charge is 0.276 e. The largest absolute Gasteiger partial charge is 0.355 e. The minimum Gasteiger partial charge on any atom is -0.355 e. The first-order valence-corrected chi connectivity index (χ1v) is 11.7. The van der Waals surface area contributed by atoms with Crippen molar-refractivity contribution in [2.24, 2.45) is 0 Å². The monoisotopic (exact) mass is 416 g/mol. The highest BCUT2D eigenvalue weighted by Gasteiger charge is 2.36. The van der Waals surface area contributed by atoms with E-state index in [2.05, 4.69) is 5.16 Å². The summed E-state index contributed by atoms with van der Waals surface area (Å²) >= 11 is 1.54. The number of sulfone groups is 1. The average Bonchev–Trinajstić information content (AvgIpc) is 3.40. The summed E-state index contributed by atoms with van der Waals surface area (Å²) in [7, 11) is -3.11. The van der Waals surface area contributed by atoms with E-state index < -0.39 is 9.84 Å². The molecule has 0 saturated carbocycles. The molecule has 0 bridgehead atoms. The van der Waals surface area contributed by atoms with Crippen LogP contribution in [0.1, 0.15) is 27.3 Å². The highest BCUT2D eigenvalue weighted by molar-refractivity contribution is 7.91. The van der Waals surface area contributed by atoms with Crippen LogP contribution in [0.5, 0.6) is 0 Å². The van der Waals surface area contributed by atoms with Crippen LogP contribution in [-0.4, -0.2) is 41.9 Å². The number of nitrogens with zero attached hydrogens (tertiary/aromatic N) is 2. The fourth-order valence-corrected chi connectivity index (χ4v) is 5.77. The summed E-state index contributed by atoms with van der Waals surface area (Å²) in [6.07, 6.45) is 0.447. The van der Waals surface area contributed by atoms with Gasteiger partial charge < -0.3 is 9.42 Å². The second-order valence-corrected chi connectivity index (χ2v) is 10.3. The van der Waals surface area contributed by atoms with Crippen molar-refractivity contribution >= 4 is 27.1 Å². The lowest BCUT2D eigenvalue weighted by atomic mass is 10.1. The van der Waals surface area contributed by atoms with Gasteiger partial charge in [-0.25, -0.2) is 8.42 Å². The van der Waals surface area contributed by atoms with Crippen LogP contribution in [0, 0.1) is 6.92 Å². The molecule has 2 aromatic heterocycles. The van der Waals surface area contributed by atoms with Gasteiger partial charge in [-0.05, 0) is 24.8 Å². The number of carbonyl (C=O) groups is 1. The van der Waals surface area contributed by atoms with E-state index in [1.165, 1.54) is 11.3 Å². The zero-order chi connectivity index (χ0) is 19.7. The van der Waals surface area contributed by atoms with Crippen molar-refractivity contribution in [3.63, 3.8) is 0 Å². The topological polar surface area (TPSA) is 80.5 Å². The molecule has 0 unspecified atom stereocenters. The van der Waals surface area contributed by atoms with E-state index in [9.17, 15) is 13.2 Å². The normalized spacial score (nSPS) is 18.2. The third-order valence-corrected chi connectivity index (χ3v) is 7.49. The number of aryl methyl sites for hydroxylation is 1. The van der Waals surface area contributed by atoms with Crippen molar-refractivity contribution < 1.29 is 17.7 Å². The average molecular weight is 417 g/mol. The molecule has 3 aromatic rings. The van der Waals surface area contributed by atoms with Crippen LogP contribution in [0.2, 0.25) is 0 Å². The molecule has 1 saturated heterocycles. The van der Waals surface area contributed by atoms with Gasteiger partial charge in [-0.2, -0.15) is 0 Å². The van der Waals surface area contributed by atoms with Gasteiger partial charge in [0, 0.05) is 22.5 Å². The van der Waals surface area contributed by atoms with Crippen LogP contribution in [0.4, 0.5) is 0 Å². The Labute approximate surface area is 167 Å². The van der Waals surface area contributed by atoms with Gasteiger partial charge in [0.1, 0.15) is 0 Å². The first-order valence-electron chi connectivity index (χ1n) is 8.99. The Hall–Kier alpha value is -2.45. The van der Waals surface area contributed by atoms with E-state index in [0.717, 1.165) is 16.0 Å². The molecule has 146 valence electrons. The van der Waals surface area contributed by atoms with Crippen molar-refractivity contribution in [3.05, 3.63) is 64.0 Å². The minimum absolute atomic E-state index is 0.00716. The van der Waals surface area contributed by atoms with Crippen LogP contribution in [0.15, 0.2) is 52.4 Å². The third-order valence-electron chi connectivity index (χ3n) is 4.88. The standard InChI is InChI=1S/C20H20N2O4S2/c1-14-4-6-15(7-5-14)19-11-18(21-26-19)20(23)22(12-17-3-2-9-27-17)16-8-10-28(24,25)13-16/h2-7,9,11,16H,8,10,12-13H2,1H3/t16-/m0/s1. The van der Waals surface area contributed by atoms with Gasteiger partial charge in [-0.15, -0.1) is 11.3 Å². The molecule has 6 nitrogen and oxygen atoms in total. The van der Waals surface area contributed by atoms with E-state index >= 15 is 0 Å². The highest BCUT2D eigenvalue weighted by Crippen LogP contribution is 2.26. The number of hydrogen-bond acceptors (Lipinski definition) is 6. The predicted octanol–water partition coefficient (Wildman–Crippen LogP) is 3.54. The van der Waals surface area contributed by atoms with Crippen molar-refractivity contribution in [3.8, 4) is 11.3 Å². The van der Waals surface area contributed by atoms with Crippen LogP contribution < -0.4 is 0 Å². The summed E-state index contributed by atoms with van der Waals surface area (Å²) in [4.78, 5) is 15.8. The molecule has 1 atom stereocenters. The molecule has 0 spiro atoms. The molecule has 1 amide bonds. The van der Waals surface area contributed by atoms with Crippen molar-refractivity contribution in [1.82, 2.24) is 10.1 Å². The Bertz CT molecular complexity index is 1070. The molecule has 1 aliphatic heterocycles. The molecule has 3 heterocycles. The van der Waals surface area contributed by atoms with E-state index in [-0.39, 0.29) is 29.1 Å². The summed E-state index contributed by atoms with van der Waals surface area (Å²) in [5.41, 5.74) is 2.16. The fourth-order valence-electron chi connectivity index (χ4n) is 3.34. The van der Waals surface area contributed by atoms with Crippen LogP contribution >= 0.6 is 11.3 Å². The zero-order valence-corrected chi connectivity index (χ0v) is 17.0. The zero-order valence-electron chi connectivity index (χ0n) is 15.4. The van der Waals surface area contributed by atoms with Gasteiger partial charge in [0.25, 0.3) is 5.91 Å². The quantitative estimate of drug-likeness (QED) is 0.635. The number of thiophene rings is 1. The second kappa shape index (κ2) is 7.52. The molecule has 8 heteroatoms. The van der Waals surface area contributed by atoms with Gasteiger partial charge >= 0.3 is 0 Å². The summed E-state index contributed by atoms with van der Waals surface area (Å²) in [5, 5.41) is 5.90. The lowest BCUT2D eigenvalue weighted by molar-refractivity contribution is 0.0672. The number of aromatic nitrogens is 1. The summed E-state index contributed by atoms with van der Waals surface area (Å²) in [6.45, 7) is 2.36. The van der Waals surface area contributed by atoms with E-state index in [4.69, 9.17) is 4.52 Å². The second-order valence-electron chi connectivity index (χ2n) is 7.01. The molecular weight excluding hydrogens is 396 g/mol. The maximum absolute atomic E-state index is 13.2. The first-order chi connectivity index (χ1) is 13.4. The number of amides is 1. The molecule has 0 aliphatic carbocycles. The van der Waals surface area contributed by atoms with Crippen LogP contribution in [0.3, 0.4) is 0 Å². The Morgan fingerprint density at radius 1 is 1.29 bits per heavy atom.